The Morgan fingerprint density at radius 2 is 1.71 bits per heavy atom. The first-order chi connectivity index (χ1) is 9.70. The molecule has 0 aromatic heterocycles. The number of benzene rings is 2. The van der Waals surface area contributed by atoms with Crippen LogP contribution in [0.4, 0.5) is 24.5 Å². The van der Waals surface area contributed by atoms with Gasteiger partial charge in [0.15, 0.2) is 11.6 Å². The fraction of sp³-hybridized carbons (Fsp3) is 0. The molecule has 0 saturated heterocycles. The number of sulfonamides is 1. The second-order valence-electron chi connectivity index (χ2n) is 4.05. The zero-order chi connectivity index (χ0) is 15.8. The first-order valence-corrected chi connectivity index (χ1v) is 7.71. The maximum absolute atomic E-state index is 13.6. The van der Waals surface area contributed by atoms with Gasteiger partial charge >= 0.3 is 0 Å². The Kier molecular flexibility index (Phi) is 4.15. The average molecular weight is 381 g/mol. The van der Waals surface area contributed by atoms with Gasteiger partial charge in [0.2, 0.25) is 0 Å². The van der Waals surface area contributed by atoms with Crippen LogP contribution >= 0.6 is 15.9 Å². The number of nitrogens with one attached hydrogen (secondary N) is 1. The standard InChI is InChI=1S/C12H8BrF3N2O2S/c13-8-2-1-7(5-9(8)14)18-21(19,20)11-4-6(17)3-10(15)12(11)16/h1-5,18H,17H2. The lowest BCUT2D eigenvalue weighted by atomic mass is 10.3. The Bertz CT molecular complexity index is 812. The number of anilines is 2. The number of rotatable bonds is 3. The summed E-state index contributed by atoms with van der Waals surface area (Å²) in [6, 6.07) is 4.85. The second-order valence-corrected chi connectivity index (χ2v) is 6.55. The molecule has 0 aliphatic rings. The van der Waals surface area contributed by atoms with E-state index in [4.69, 9.17) is 5.73 Å². The van der Waals surface area contributed by atoms with Crippen molar-refractivity contribution in [2.24, 2.45) is 0 Å². The Hall–Kier alpha value is -1.74. The van der Waals surface area contributed by atoms with E-state index in [9.17, 15) is 21.6 Å². The van der Waals surface area contributed by atoms with Gasteiger partial charge in [-0.15, -0.1) is 0 Å². The quantitative estimate of drug-likeness (QED) is 0.802. The summed E-state index contributed by atoms with van der Waals surface area (Å²) in [5.41, 5.74) is 4.90. The van der Waals surface area contributed by atoms with Crippen molar-refractivity contribution in [1.82, 2.24) is 0 Å². The van der Waals surface area contributed by atoms with Crippen molar-refractivity contribution in [1.29, 1.82) is 0 Å². The molecule has 0 fully saturated rings. The Balaban J connectivity index is 2.45. The van der Waals surface area contributed by atoms with Gasteiger partial charge in [-0.1, -0.05) is 0 Å². The lowest BCUT2D eigenvalue weighted by Crippen LogP contribution is -2.16. The molecule has 0 atom stereocenters. The first kappa shape index (κ1) is 15.6. The van der Waals surface area contributed by atoms with E-state index in [0.717, 1.165) is 12.1 Å². The van der Waals surface area contributed by atoms with Gasteiger partial charge in [0.1, 0.15) is 10.7 Å². The van der Waals surface area contributed by atoms with Crippen LogP contribution in [-0.2, 0) is 10.0 Å². The molecule has 0 unspecified atom stereocenters. The van der Waals surface area contributed by atoms with Crippen LogP contribution in [0.5, 0.6) is 0 Å². The third-order valence-corrected chi connectivity index (χ3v) is 4.50. The number of halogens is 4. The maximum atomic E-state index is 13.6. The van der Waals surface area contributed by atoms with E-state index in [1.54, 1.807) is 0 Å². The van der Waals surface area contributed by atoms with Crippen molar-refractivity contribution in [2.45, 2.75) is 4.90 Å². The van der Waals surface area contributed by atoms with Crippen LogP contribution in [0.15, 0.2) is 39.7 Å². The van der Waals surface area contributed by atoms with E-state index in [-0.39, 0.29) is 15.8 Å². The molecule has 0 aliphatic carbocycles. The summed E-state index contributed by atoms with van der Waals surface area (Å²) >= 11 is 2.91. The van der Waals surface area contributed by atoms with E-state index in [2.05, 4.69) is 15.9 Å². The van der Waals surface area contributed by atoms with Crippen LogP contribution in [0, 0.1) is 17.5 Å². The summed E-state index contributed by atoms with van der Waals surface area (Å²) in [7, 11) is -4.45. The van der Waals surface area contributed by atoms with Crippen LogP contribution in [0.2, 0.25) is 0 Å². The molecule has 0 bridgehead atoms. The molecule has 0 heterocycles. The Labute approximate surface area is 127 Å². The molecule has 0 spiro atoms. The number of nitrogen functional groups attached to an aromatic ring is 1. The summed E-state index contributed by atoms with van der Waals surface area (Å²) in [5, 5.41) is 0. The average Bonchev–Trinajstić information content (AvgIpc) is 2.37. The molecule has 2 aromatic rings. The van der Waals surface area contributed by atoms with Gasteiger partial charge in [0, 0.05) is 5.69 Å². The van der Waals surface area contributed by atoms with Crippen molar-refractivity contribution >= 4 is 37.3 Å². The Morgan fingerprint density at radius 1 is 1.05 bits per heavy atom. The van der Waals surface area contributed by atoms with Crippen molar-refractivity contribution in [3.05, 3.63) is 52.3 Å². The molecule has 4 nitrogen and oxygen atoms in total. The van der Waals surface area contributed by atoms with E-state index in [1.807, 2.05) is 4.72 Å². The largest absolute Gasteiger partial charge is 0.399 e. The summed E-state index contributed by atoms with van der Waals surface area (Å²) in [6.45, 7) is 0. The van der Waals surface area contributed by atoms with Gasteiger partial charge in [0.05, 0.1) is 10.2 Å². The maximum Gasteiger partial charge on any atom is 0.265 e. The van der Waals surface area contributed by atoms with Gasteiger partial charge in [-0.25, -0.2) is 21.6 Å². The topological polar surface area (TPSA) is 72.2 Å². The molecular formula is C12H8BrF3N2O2S. The number of hydrogen-bond donors (Lipinski definition) is 2. The Morgan fingerprint density at radius 3 is 2.33 bits per heavy atom. The molecule has 9 heteroatoms. The van der Waals surface area contributed by atoms with Crippen LogP contribution in [0.1, 0.15) is 0 Å². The minimum absolute atomic E-state index is 0.131. The van der Waals surface area contributed by atoms with Gasteiger partial charge in [-0.3, -0.25) is 4.72 Å². The van der Waals surface area contributed by atoms with Crippen molar-refractivity contribution < 1.29 is 21.6 Å². The third-order valence-electron chi connectivity index (χ3n) is 2.48. The van der Waals surface area contributed by atoms with E-state index in [0.29, 0.717) is 6.07 Å². The van der Waals surface area contributed by atoms with Gasteiger partial charge < -0.3 is 5.73 Å². The van der Waals surface area contributed by atoms with Crippen molar-refractivity contribution in [3.8, 4) is 0 Å². The van der Waals surface area contributed by atoms with E-state index in [1.165, 1.54) is 12.1 Å². The van der Waals surface area contributed by atoms with E-state index >= 15 is 0 Å². The highest BCUT2D eigenvalue weighted by atomic mass is 79.9. The SMILES string of the molecule is Nc1cc(F)c(F)c(S(=O)(=O)Nc2ccc(Br)c(F)c2)c1. The van der Waals surface area contributed by atoms with Crippen LogP contribution < -0.4 is 10.5 Å². The van der Waals surface area contributed by atoms with Gasteiger partial charge in [-0.05, 0) is 46.3 Å². The second kappa shape index (κ2) is 5.57. The zero-order valence-electron chi connectivity index (χ0n) is 10.2. The molecule has 21 heavy (non-hydrogen) atoms. The third kappa shape index (κ3) is 3.30. The summed E-state index contributed by atoms with van der Waals surface area (Å²) in [5.74, 6) is -3.67. The van der Waals surface area contributed by atoms with E-state index < -0.39 is 32.4 Å². The summed E-state index contributed by atoms with van der Waals surface area (Å²) < 4.78 is 66.2. The van der Waals surface area contributed by atoms with Crippen molar-refractivity contribution in [3.63, 3.8) is 0 Å². The predicted molar refractivity (Wildman–Crippen MR) is 75.7 cm³/mol. The minimum Gasteiger partial charge on any atom is -0.399 e. The first-order valence-electron chi connectivity index (χ1n) is 5.43. The highest BCUT2D eigenvalue weighted by Gasteiger charge is 2.23. The fourth-order valence-corrected chi connectivity index (χ4v) is 2.97. The molecule has 0 saturated carbocycles. The smallest absolute Gasteiger partial charge is 0.265 e. The molecule has 0 amide bonds. The molecule has 3 N–H and O–H groups in total. The van der Waals surface area contributed by atoms with Gasteiger partial charge in [-0.2, -0.15) is 0 Å². The molecule has 0 radical (unpaired) electrons. The molecular weight excluding hydrogens is 373 g/mol. The fourth-order valence-electron chi connectivity index (χ4n) is 1.55. The lowest BCUT2D eigenvalue weighted by molar-refractivity contribution is 0.486. The molecule has 0 aliphatic heterocycles. The summed E-state index contributed by atoms with van der Waals surface area (Å²) in [6.07, 6.45) is 0. The van der Waals surface area contributed by atoms with Crippen LogP contribution in [0.25, 0.3) is 0 Å². The van der Waals surface area contributed by atoms with Gasteiger partial charge in [0.25, 0.3) is 10.0 Å². The lowest BCUT2D eigenvalue weighted by Gasteiger charge is -2.10. The molecule has 2 rings (SSSR count). The predicted octanol–water partition coefficient (Wildman–Crippen LogP) is 3.25. The van der Waals surface area contributed by atoms with Crippen LogP contribution in [-0.4, -0.2) is 8.42 Å². The highest BCUT2D eigenvalue weighted by molar-refractivity contribution is 9.10. The highest BCUT2D eigenvalue weighted by Crippen LogP contribution is 2.25. The minimum atomic E-state index is -4.45. The number of nitrogens with two attached hydrogens (primary N) is 1. The van der Waals surface area contributed by atoms with Crippen molar-refractivity contribution in [2.75, 3.05) is 10.5 Å². The normalized spacial score (nSPS) is 11.4. The van der Waals surface area contributed by atoms with Crippen LogP contribution in [0.3, 0.4) is 0 Å². The summed E-state index contributed by atoms with van der Waals surface area (Å²) in [4.78, 5) is -0.955. The molecule has 112 valence electrons. The molecule has 2 aromatic carbocycles. The number of hydrogen-bond acceptors (Lipinski definition) is 3. The zero-order valence-corrected chi connectivity index (χ0v) is 12.6. The monoisotopic (exact) mass is 380 g/mol.